The molecule has 5 nitrogen and oxygen atoms in total. The highest BCUT2D eigenvalue weighted by atomic mass is 79.9. The SMILES string of the molecule is CC[C@H](Oc1ccccc1)C(=O)OCC(=O)Nc1cccc(Br)c1. The summed E-state index contributed by atoms with van der Waals surface area (Å²) in [5, 5.41) is 2.66. The lowest BCUT2D eigenvalue weighted by molar-refractivity contribution is -0.154. The van der Waals surface area contributed by atoms with Crippen LogP contribution in [0.2, 0.25) is 0 Å². The Balaban J connectivity index is 1.83. The van der Waals surface area contributed by atoms with E-state index in [1.54, 1.807) is 30.3 Å². The minimum absolute atomic E-state index is 0.361. The molecule has 1 N–H and O–H groups in total. The van der Waals surface area contributed by atoms with E-state index in [2.05, 4.69) is 21.2 Å². The summed E-state index contributed by atoms with van der Waals surface area (Å²) in [7, 11) is 0. The number of halogens is 1. The highest BCUT2D eigenvalue weighted by molar-refractivity contribution is 9.10. The average Bonchev–Trinajstić information content (AvgIpc) is 2.58. The number of anilines is 1. The fourth-order valence-corrected chi connectivity index (χ4v) is 2.35. The van der Waals surface area contributed by atoms with Gasteiger partial charge in [-0.3, -0.25) is 4.79 Å². The van der Waals surface area contributed by atoms with Crippen LogP contribution in [0.1, 0.15) is 13.3 Å². The highest BCUT2D eigenvalue weighted by Gasteiger charge is 2.21. The Morgan fingerprint density at radius 2 is 1.88 bits per heavy atom. The Morgan fingerprint density at radius 3 is 2.54 bits per heavy atom. The number of benzene rings is 2. The van der Waals surface area contributed by atoms with E-state index in [9.17, 15) is 9.59 Å². The van der Waals surface area contributed by atoms with Crippen molar-refractivity contribution < 1.29 is 19.1 Å². The van der Waals surface area contributed by atoms with Crippen LogP contribution in [0.15, 0.2) is 59.1 Å². The molecular weight excluding hydrogens is 374 g/mol. The van der Waals surface area contributed by atoms with Crippen LogP contribution in [0.25, 0.3) is 0 Å². The van der Waals surface area contributed by atoms with Gasteiger partial charge in [0.05, 0.1) is 0 Å². The molecule has 1 atom stereocenters. The second-order valence-electron chi connectivity index (χ2n) is 4.99. The number of esters is 1. The first-order valence-electron chi connectivity index (χ1n) is 7.52. The second kappa shape index (κ2) is 9.08. The van der Waals surface area contributed by atoms with Crippen molar-refractivity contribution in [3.05, 3.63) is 59.1 Å². The number of carbonyl (C=O) groups is 2. The summed E-state index contributed by atoms with van der Waals surface area (Å²) >= 11 is 3.32. The van der Waals surface area contributed by atoms with Gasteiger partial charge in [-0.1, -0.05) is 47.1 Å². The molecule has 0 aromatic heterocycles. The summed E-state index contributed by atoms with van der Waals surface area (Å²) in [6, 6.07) is 16.2. The Morgan fingerprint density at radius 1 is 1.12 bits per heavy atom. The van der Waals surface area contributed by atoms with Crippen LogP contribution in [0.5, 0.6) is 5.75 Å². The lowest BCUT2D eigenvalue weighted by atomic mass is 10.2. The molecule has 0 radical (unpaired) electrons. The van der Waals surface area contributed by atoms with Gasteiger partial charge in [0.15, 0.2) is 12.7 Å². The summed E-state index contributed by atoms with van der Waals surface area (Å²) in [6.07, 6.45) is -0.299. The number of amides is 1. The number of ether oxygens (including phenoxy) is 2. The van der Waals surface area contributed by atoms with Crippen molar-refractivity contribution in [2.45, 2.75) is 19.4 Å². The van der Waals surface area contributed by atoms with Gasteiger partial charge in [0.25, 0.3) is 5.91 Å². The number of hydrogen-bond acceptors (Lipinski definition) is 4. The fourth-order valence-electron chi connectivity index (χ4n) is 1.95. The molecule has 2 rings (SSSR count). The third-order valence-electron chi connectivity index (χ3n) is 3.11. The predicted molar refractivity (Wildman–Crippen MR) is 94.9 cm³/mol. The molecule has 0 saturated carbocycles. The molecule has 0 aliphatic heterocycles. The van der Waals surface area contributed by atoms with Crippen molar-refractivity contribution in [2.75, 3.05) is 11.9 Å². The first kappa shape index (κ1) is 18.0. The van der Waals surface area contributed by atoms with Gasteiger partial charge in [0.1, 0.15) is 5.75 Å². The first-order valence-corrected chi connectivity index (χ1v) is 8.31. The molecule has 0 aliphatic rings. The summed E-state index contributed by atoms with van der Waals surface area (Å²) in [4.78, 5) is 23.9. The Bertz CT molecular complexity index is 690. The zero-order valence-corrected chi connectivity index (χ0v) is 14.8. The quantitative estimate of drug-likeness (QED) is 0.729. The van der Waals surface area contributed by atoms with Crippen molar-refractivity contribution >= 4 is 33.5 Å². The minimum atomic E-state index is -0.744. The Hall–Kier alpha value is -2.34. The molecule has 0 saturated heterocycles. The average molecular weight is 392 g/mol. The zero-order valence-electron chi connectivity index (χ0n) is 13.2. The maximum Gasteiger partial charge on any atom is 0.347 e. The van der Waals surface area contributed by atoms with Crippen LogP contribution in [0.3, 0.4) is 0 Å². The van der Waals surface area contributed by atoms with Crippen molar-refractivity contribution in [3.63, 3.8) is 0 Å². The second-order valence-corrected chi connectivity index (χ2v) is 5.91. The largest absolute Gasteiger partial charge is 0.479 e. The molecular formula is C18H18BrNO4. The standard InChI is InChI=1S/C18H18BrNO4/c1-2-16(24-15-9-4-3-5-10-15)18(22)23-12-17(21)20-14-8-6-7-13(19)11-14/h3-11,16H,2,12H2,1H3,(H,20,21)/t16-/m0/s1. The molecule has 6 heteroatoms. The van der Waals surface area contributed by atoms with Crippen LogP contribution >= 0.6 is 15.9 Å². The molecule has 0 unspecified atom stereocenters. The normalized spacial score (nSPS) is 11.4. The van der Waals surface area contributed by atoms with Crippen molar-refractivity contribution in [3.8, 4) is 5.75 Å². The summed E-state index contributed by atoms with van der Waals surface area (Å²) in [5.41, 5.74) is 0.623. The van der Waals surface area contributed by atoms with Gasteiger partial charge in [-0.05, 0) is 36.8 Å². The molecule has 0 heterocycles. The van der Waals surface area contributed by atoms with Gasteiger partial charge < -0.3 is 14.8 Å². The van der Waals surface area contributed by atoms with Gasteiger partial charge in [-0.15, -0.1) is 0 Å². The highest BCUT2D eigenvalue weighted by Crippen LogP contribution is 2.16. The van der Waals surface area contributed by atoms with Crippen molar-refractivity contribution in [1.82, 2.24) is 0 Å². The van der Waals surface area contributed by atoms with Gasteiger partial charge in [-0.2, -0.15) is 0 Å². The predicted octanol–water partition coefficient (Wildman–Crippen LogP) is 3.79. The molecule has 0 aliphatic carbocycles. The molecule has 2 aromatic rings. The zero-order chi connectivity index (χ0) is 17.4. The van der Waals surface area contributed by atoms with E-state index < -0.39 is 18.0 Å². The van der Waals surface area contributed by atoms with Gasteiger partial charge in [-0.25, -0.2) is 4.79 Å². The Labute approximate surface area is 149 Å². The van der Waals surface area contributed by atoms with E-state index >= 15 is 0 Å². The smallest absolute Gasteiger partial charge is 0.347 e. The van der Waals surface area contributed by atoms with Gasteiger partial charge in [0.2, 0.25) is 0 Å². The number of para-hydroxylation sites is 1. The van der Waals surface area contributed by atoms with Crippen LogP contribution in [0.4, 0.5) is 5.69 Å². The topological polar surface area (TPSA) is 64.6 Å². The number of nitrogens with one attached hydrogen (secondary N) is 1. The number of carbonyl (C=O) groups excluding carboxylic acids is 2. The molecule has 126 valence electrons. The molecule has 24 heavy (non-hydrogen) atoms. The number of rotatable bonds is 7. The fraction of sp³-hybridized carbons (Fsp3) is 0.222. The Kier molecular flexibility index (Phi) is 6.81. The van der Waals surface area contributed by atoms with E-state index in [1.807, 2.05) is 31.2 Å². The molecule has 1 amide bonds. The van der Waals surface area contributed by atoms with E-state index in [1.165, 1.54) is 0 Å². The van der Waals surface area contributed by atoms with E-state index in [4.69, 9.17) is 9.47 Å². The van der Waals surface area contributed by atoms with E-state index in [-0.39, 0.29) is 6.61 Å². The van der Waals surface area contributed by atoms with Crippen LogP contribution in [0, 0.1) is 0 Å². The lowest BCUT2D eigenvalue weighted by Crippen LogP contribution is -2.31. The lowest BCUT2D eigenvalue weighted by Gasteiger charge is -2.16. The van der Waals surface area contributed by atoms with Gasteiger partial charge in [0, 0.05) is 10.2 Å². The first-order chi connectivity index (χ1) is 11.6. The van der Waals surface area contributed by atoms with E-state index in [0.29, 0.717) is 17.9 Å². The molecule has 0 spiro atoms. The molecule has 0 bridgehead atoms. The summed E-state index contributed by atoms with van der Waals surface area (Å²) < 4.78 is 11.5. The maximum atomic E-state index is 12.1. The summed E-state index contributed by atoms with van der Waals surface area (Å²) in [5.74, 6) is -0.387. The third kappa shape index (κ3) is 5.70. The van der Waals surface area contributed by atoms with Crippen LogP contribution in [-0.2, 0) is 14.3 Å². The molecule has 0 fully saturated rings. The van der Waals surface area contributed by atoms with Crippen LogP contribution in [-0.4, -0.2) is 24.6 Å². The maximum absolute atomic E-state index is 12.1. The van der Waals surface area contributed by atoms with Gasteiger partial charge >= 0.3 is 5.97 Å². The molecule has 2 aromatic carbocycles. The monoisotopic (exact) mass is 391 g/mol. The van der Waals surface area contributed by atoms with Crippen molar-refractivity contribution in [2.24, 2.45) is 0 Å². The van der Waals surface area contributed by atoms with E-state index in [0.717, 1.165) is 4.47 Å². The van der Waals surface area contributed by atoms with Crippen LogP contribution < -0.4 is 10.1 Å². The van der Waals surface area contributed by atoms with Crippen molar-refractivity contribution in [1.29, 1.82) is 0 Å². The number of hydrogen-bond donors (Lipinski definition) is 1. The third-order valence-corrected chi connectivity index (χ3v) is 3.60. The minimum Gasteiger partial charge on any atom is -0.479 e. The summed E-state index contributed by atoms with van der Waals surface area (Å²) in [6.45, 7) is 1.45.